The molecule has 0 N–H and O–H groups in total. The van der Waals surface area contributed by atoms with Crippen molar-refractivity contribution in [3.63, 3.8) is 0 Å². The van der Waals surface area contributed by atoms with E-state index in [0.29, 0.717) is 5.17 Å². The Balaban J connectivity index is 2.26. The number of thioether (sulfide) groups is 1. The lowest BCUT2D eigenvalue weighted by Gasteiger charge is -2.22. The molecule has 0 unspecified atom stereocenters. The van der Waals surface area contributed by atoms with Crippen LogP contribution in [0, 0.1) is 6.92 Å². The van der Waals surface area contributed by atoms with E-state index in [9.17, 15) is 8.42 Å². The molecular weight excluding hydrogens is 304 g/mol. The van der Waals surface area contributed by atoms with Gasteiger partial charge in [0.1, 0.15) is 0 Å². The maximum absolute atomic E-state index is 12.4. The molecule has 0 amide bonds. The highest BCUT2D eigenvalue weighted by molar-refractivity contribution is 8.13. The van der Waals surface area contributed by atoms with Crippen LogP contribution < -0.4 is 0 Å². The van der Waals surface area contributed by atoms with Gasteiger partial charge in [-0.25, -0.2) is 0 Å². The molecule has 6 heteroatoms. The van der Waals surface area contributed by atoms with Crippen molar-refractivity contribution in [1.29, 1.82) is 0 Å². The molecule has 0 spiro atoms. The minimum atomic E-state index is -3.62. The molecule has 1 aromatic carbocycles. The maximum Gasteiger partial charge on any atom is 0.284 e. The van der Waals surface area contributed by atoms with Crippen LogP contribution in [0.2, 0.25) is 0 Å². The van der Waals surface area contributed by atoms with Gasteiger partial charge in [0.25, 0.3) is 10.0 Å². The van der Waals surface area contributed by atoms with E-state index in [1.165, 1.54) is 24.6 Å². The Morgan fingerprint density at radius 2 is 1.67 bits per heavy atom. The SMILES string of the molecule is CSC(=NS(=O)(=O)c1ccc(C)cc1)N1CCCCCC1. The van der Waals surface area contributed by atoms with Crippen LogP contribution in [0.4, 0.5) is 0 Å². The summed E-state index contributed by atoms with van der Waals surface area (Å²) in [6.45, 7) is 3.72. The first-order valence-corrected chi connectivity index (χ1v) is 9.90. The van der Waals surface area contributed by atoms with Gasteiger partial charge in [-0.05, 0) is 38.2 Å². The van der Waals surface area contributed by atoms with E-state index in [-0.39, 0.29) is 4.90 Å². The second-order valence-corrected chi connectivity index (χ2v) is 7.64. The van der Waals surface area contributed by atoms with Gasteiger partial charge >= 0.3 is 0 Å². The van der Waals surface area contributed by atoms with Crippen molar-refractivity contribution in [3.8, 4) is 0 Å². The van der Waals surface area contributed by atoms with Gasteiger partial charge < -0.3 is 4.90 Å². The van der Waals surface area contributed by atoms with E-state index in [4.69, 9.17) is 0 Å². The normalized spacial score (nSPS) is 17.6. The van der Waals surface area contributed by atoms with Crippen molar-refractivity contribution < 1.29 is 8.42 Å². The van der Waals surface area contributed by atoms with E-state index in [1.807, 2.05) is 13.2 Å². The Morgan fingerprint density at radius 3 is 2.19 bits per heavy atom. The molecule has 1 aromatic rings. The predicted octanol–water partition coefficient (Wildman–Crippen LogP) is 3.28. The number of aryl methyl sites for hydroxylation is 1. The number of benzene rings is 1. The van der Waals surface area contributed by atoms with Crippen LogP contribution in [0.5, 0.6) is 0 Å². The van der Waals surface area contributed by atoms with E-state index < -0.39 is 10.0 Å². The first-order valence-electron chi connectivity index (χ1n) is 7.23. The van der Waals surface area contributed by atoms with E-state index >= 15 is 0 Å². The van der Waals surface area contributed by atoms with E-state index in [0.717, 1.165) is 31.5 Å². The van der Waals surface area contributed by atoms with E-state index in [2.05, 4.69) is 9.30 Å². The molecule has 0 aliphatic carbocycles. The van der Waals surface area contributed by atoms with Crippen molar-refractivity contribution in [3.05, 3.63) is 29.8 Å². The highest BCUT2D eigenvalue weighted by atomic mass is 32.2. The van der Waals surface area contributed by atoms with Gasteiger partial charge in [0.05, 0.1) is 4.90 Å². The molecule has 4 nitrogen and oxygen atoms in total. The fourth-order valence-corrected chi connectivity index (χ4v) is 4.29. The van der Waals surface area contributed by atoms with Gasteiger partial charge in [-0.1, -0.05) is 42.3 Å². The summed E-state index contributed by atoms with van der Waals surface area (Å²) >= 11 is 1.41. The summed E-state index contributed by atoms with van der Waals surface area (Å²) in [5.41, 5.74) is 1.04. The van der Waals surface area contributed by atoms with Crippen molar-refractivity contribution in [2.75, 3.05) is 19.3 Å². The van der Waals surface area contributed by atoms with Crippen LogP contribution >= 0.6 is 11.8 Å². The molecule has 1 aliphatic rings. The van der Waals surface area contributed by atoms with E-state index in [1.54, 1.807) is 24.3 Å². The first kappa shape index (κ1) is 16.4. The molecule has 1 heterocycles. The molecule has 1 fully saturated rings. The molecule has 21 heavy (non-hydrogen) atoms. The monoisotopic (exact) mass is 326 g/mol. The highest BCUT2D eigenvalue weighted by Crippen LogP contribution is 2.19. The third kappa shape index (κ3) is 4.48. The number of nitrogens with zero attached hydrogens (tertiary/aromatic N) is 2. The van der Waals surface area contributed by atoms with Gasteiger partial charge in [-0.15, -0.1) is 4.40 Å². The zero-order chi connectivity index (χ0) is 15.3. The Hall–Kier alpha value is -1.01. The lowest BCUT2D eigenvalue weighted by atomic mass is 10.2. The van der Waals surface area contributed by atoms with Crippen molar-refractivity contribution >= 4 is 27.0 Å². The third-order valence-electron chi connectivity index (χ3n) is 3.58. The number of hydrogen-bond donors (Lipinski definition) is 0. The Morgan fingerprint density at radius 1 is 1.10 bits per heavy atom. The quantitative estimate of drug-likeness (QED) is 0.618. The van der Waals surface area contributed by atoms with Crippen LogP contribution in [0.25, 0.3) is 0 Å². The lowest BCUT2D eigenvalue weighted by Crippen LogP contribution is -2.30. The zero-order valence-corrected chi connectivity index (χ0v) is 14.2. The summed E-state index contributed by atoms with van der Waals surface area (Å²) in [5.74, 6) is 0. The van der Waals surface area contributed by atoms with Gasteiger partial charge in [0.15, 0.2) is 5.17 Å². The average molecular weight is 326 g/mol. The average Bonchev–Trinajstić information content (AvgIpc) is 2.74. The van der Waals surface area contributed by atoms with Crippen molar-refractivity contribution in [2.24, 2.45) is 4.40 Å². The summed E-state index contributed by atoms with van der Waals surface area (Å²) in [6, 6.07) is 6.84. The van der Waals surface area contributed by atoms with Crippen LogP contribution in [0.1, 0.15) is 31.2 Å². The molecule has 2 rings (SSSR count). The molecule has 1 aliphatic heterocycles. The van der Waals surface area contributed by atoms with Gasteiger partial charge in [-0.3, -0.25) is 0 Å². The van der Waals surface area contributed by atoms with Crippen molar-refractivity contribution in [1.82, 2.24) is 4.90 Å². The minimum absolute atomic E-state index is 0.259. The first-order chi connectivity index (χ1) is 10.0. The largest absolute Gasteiger partial charge is 0.351 e. The summed E-state index contributed by atoms with van der Waals surface area (Å²) < 4.78 is 28.9. The van der Waals surface area contributed by atoms with Crippen molar-refractivity contribution in [2.45, 2.75) is 37.5 Å². The molecule has 1 saturated heterocycles. The molecule has 0 radical (unpaired) electrons. The summed E-state index contributed by atoms with van der Waals surface area (Å²) in [5, 5.41) is 0.609. The van der Waals surface area contributed by atoms with Gasteiger partial charge in [0, 0.05) is 13.1 Å². The molecule has 0 atom stereocenters. The summed E-state index contributed by atoms with van der Waals surface area (Å²) in [4.78, 5) is 2.36. The molecule has 116 valence electrons. The second-order valence-electron chi connectivity index (χ2n) is 5.27. The van der Waals surface area contributed by atoms with Crippen LogP contribution in [-0.4, -0.2) is 37.8 Å². The Kier molecular flexibility index (Phi) is 5.70. The van der Waals surface area contributed by atoms with Gasteiger partial charge in [0.2, 0.25) is 0 Å². The number of likely N-dealkylation sites (tertiary alicyclic amines) is 1. The highest BCUT2D eigenvalue weighted by Gasteiger charge is 2.18. The number of hydrogen-bond acceptors (Lipinski definition) is 3. The fourth-order valence-electron chi connectivity index (χ4n) is 2.35. The molecule has 0 aromatic heterocycles. The number of rotatable bonds is 2. The predicted molar refractivity (Wildman–Crippen MR) is 89.4 cm³/mol. The lowest BCUT2D eigenvalue weighted by molar-refractivity contribution is 0.444. The molecule has 0 bridgehead atoms. The second kappa shape index (κ2) is 7.31. The minimum Gasteiger partial charge on any atom is -0.351 e. The summed E-state index contributed by atoms with van der Waals surface area (Å²) in [7, 11) is -3.62. The third-order valence-corrected chi connectivity index (χ3v) is 5.69. The Labute approximate surface area is 131 Å². The number of amidine groups is 1. The van der Waals surface area contributed by atoms with Gasteiger partial charge in [-0.2, -0.15) is 8.42 Å². The number of sulfonamides is 1. The zero-order valence-electron chi connectivity index (χ0n) is 12.6. The van der Waals surface area contributed by atoms with Crippen LogP contribution in [0.3, 0.4) is 0 Å². The van der Waals surface area contributed by atoms with Crippen LogP contribution in [0.15, 0.2) is 33.6 Å². The molecular formula is C15H22N2O2S2. The smallest absolute Gasteiger partial charge is 0.284 e. The maximum atomic E-state index is 12.4. The summed E-state index contributed by atoms with van der Waals surface area (Å²) in [6.07, 6.45) is 6.51. The molecule has 0 saturated carbocycles. The Bertz CT molecular complexity index is 587. The topological polar surface area (TPSA) is 49.7 Å². The van der Waals surface area contributed by atoms with Crippen LogP contribution in [-0.2, 0) is 10.0 Å². The fraction of sp³-hybridized carbons (Fsp3) is 0.533. The standard InChI is InChI=1S/C15H22N2O2S2/c1-13-7-9-14(10-8-13)21(18,19)16-15(20-2)17-11-5-3-4-6-12-17/h7-10H,3-6,11-12H2,1-2H3.